The van der Waals surface area contributed by atoms with Crippen LogP contribution in [0.1, 0.15) is 33.4 Å². The number of anilines is 1. The molecule has 3 aromatic rings. The van der Waals surface area contributed by atoms with Crippen LogP contribution in [-0.2, 0) is 23.5 Å². The van der Waals surface area contributed by atoms with Gasteiger partial charge in [0.25, 0.3) is 5.91 Å². The first-order valence-electron chi connectivity index (χ1n) is 9.80. The van der Waals surface area contributed by atoms with E-state index in [1.165, 1.54) is 10.6 Å². The molecule has 8 nitrogen and oxygen atoms in total. The number of carbonyl (C=O) groups is 1. The molecule has 0 radical (unpaired) electrons. The molecule has 1 atom stereocenters. The molecule has 0 aliphatic carbocycles. The number of aromatic nitrogens is 2. The van der Waals surface area contributed by atoms with E-state index in [1.54, 1.807) is 31.5 Å². The van der Waals surface area contributed by atoms with Crippen LogP contribution in [0.5, 0.6) is 5.75 Å². The number of hydrogen-bond donors (Lipinski definition) is 1. The Hall–Kier alpha value is -3.33. The predicted molar refractivity (Wildman–Crippen MR) is 118 cm³/mol. The summed E-state index contributed by atoms with van der Waals surface area (Å²) in [4.78, 5) is 17.6. The third kappa shape index (κ3) is 4.13. The maximum atomic E-state index is 13.1. The van der Waals surface area contributed by atoms with E-state index in [2.05, 4.69) is 10.3 Å². The van der Waals surface area contributed by atoms with E-state index in [0.717, 1.165) is 16.9 Å². The number of benzene rings is 2. The Morgan fingerprint density at radius 3 is 2.55 bits per heavy atom. The molecular weight excluding hydrogens is 416 g/mol. The van der Waals surface area contributed by atoms with Gasteiger partial charge in [-0.05, 0) is 47.9 Å². The van der Waals surface area contributed by atoms with E-state index < -0.39 is 16.1 Å². The summed E-state index contributed by atoms with van der Waals surface area (Å²) in [5.41, 5.74) is 2.82. The second kappa shape index (κ2) is 8.07. The number of amides is 1. The number of rotatable bonds is 6. The Morgan fingerprint density at radius 2 is 1.94 bits per heavy atom. The van der Waals surface area contributed by atoms with Crippen molar-refractivity contribution in [3.8, 4) is 5.75 Å². The van der Waals surface area contributed by atoms with Crippen molar-refractivity contribution in [1.29, 1.82) is 0 Å². The highest BCUT2D eigenvalue weighted by molar-refractivity contribution is 7.92. The highest BCUT2D eigenvalue weighted by atomic mass is 32.2. The minimum absolute atomic E-state index is 0.260. The van der Waals surface area contributed by atoms with E-state index in [1.807, 2.05) is 42.1 Å². The van der Waals surface area contributed by atoms with Crippen molar-refractivity contribution in [1.82, 2.24) is 14.9 Å². The summed E-state index contributed by atoms with van der Waals surface area (Å²) in [7, 11) is 0.145. The van der Waals surface area contributed by atoms with Gasteiger partial charge in [-0.15, -0.1) is 0 Å². The zero-order valence-electron chi connectivity index (χ0n) is 17.6. The third-order valence-electron chi connectivity index (χ3n) is 5.44. The Labute approximate surface area is 181 Å². The van der Waals surface area contributed by atoms with Gasteiger partial charge >= 0.3 is 0 Å². The molecule has 2 aromatic carbocycles. The monoisotopic (exact) mass is 440 g/mol. The number of methoxy groups -OCH3 is 1. The molecule has 0 saturated heterocycles. The second-order valence-corrected chi connectivity index (χ2v) is 9.41. The molecule has 0 saturated carbocycles. The first-order valence-corrected chi connectivity index (χ1v) is 11.7. The van der Waals surface area contributed by atoms with Crippen LogP contribution in [0.4, 0.5) is 5.69 Å². The van der Waals surface area contributed by atoms with Crippen molar-refractivity contribution in [3.63, 3.8) is 0 Å². The minimum atomic E-state index is -3.33. The van der Waals surface area contributed by atoms with Crippen molar-refractivity contribution in [2.45, 2.75) is 12.5 Å². The predicted octanol–water partition coefficient (Wildman–Crippen LogP) is 2.27. The van der Waals surface area contributed by atoms with Gasteiger partial charge in [0.1, 0.15) is 17.6 Å². The Kier molecular flexibility index (Phi) is 5.45. The number of carbonyl (C=O) groups excluding carboxylic acids is 1. The molecule has 1 amide bonds. The van der Waals surface area contributed by atoms with Gasteiger partial charge in [0.15, 0.2) is 0 Å². The van der Waals surface area contributed by atoms with Crippen LogP contribution in [0.2, 0.25) is 0 Å². The molecule has 31 heavy (non-hydrogen) atoms. The molecule has 162 valence electrons. The molecule has 1 aliphatic rings. The van der Waals surface area contributed by atoms with Crippen LogP contribution in [0, 0.1) is 0 Å². The number of hydrogen-bond acceptors (Lipinski definition) is 5. The van der Waals surface area contributed by atoms with Crippen molar-refractivity contribution in [3.05, 3.63) is 77.4 Å². The number of fused-ring (bicyclic) bond motifs is 1. The number of imidazole rings is 1. The molecule has 0 unspecified atom stereocenters. The van der Waals surface area contributed by atoms with Gasteiger partial charge in [0.2, 0.25) is 10.0 Å². The third-order valence-corrected chi connectivity index (χ3v) is 6.62. The zero-order chi connectivity index (χ0) is 22.2. The zero-order valence-corrected chi connectivity index (χ0v) is 18.4. The molecule has 4 rings (SSSR count). The van der Waals surface area contributed by atoms with Crippen molar-refractivity contribution in [2.75, 3.05) is 24.2 Å². The average Bonchev–Trinajstić information content (AvgIpc) is 3.37. The lowest BCUT2D eigenvalue weighted by atomic mass is 10.0. The van der Waals surface area contributed by atoms with E-state index in [4.69, 9.17) is 4.74 Å². The van der Waals surface area contributed by atoms with Crippen LogP contribution in [0.15, 0.2) is 54.9 Å². The molecule has 9 heteroatoms. The number of nitrogens with one attached hydrogen (secondary N) is 1. The summed E-state index contributed by atoms with van der Waals surface area (Å²) in [6.07, 6.45) is 5.28. The van der Waals surface area contributed by atoms with E-state index in [0.29, 0.717) is 30.0 Å². The van der Waals surface area contributed by atoms with E-state index in [-0.39, 0.29) is 5.91 Å². The SMILES string of the molecule is COc1ccc([C@@H](NC(=O)c2ccc3c(c2)CCN3S(C)(=O)=O)c2nccn2C)cc1. The summed E-state index contributed by atoms with van der Waals surface area (Å²) in [5, 5.41) is 3.07. The van der Waals surface area contributed by atoms with Gasteiger partial charge in [-0.2, -0.15) is 0 Å². The molecule has 0 fully saturated rings. The second-order valence-electron chi connectivity index (χ2n) is 7.50. The standard InChI is InChI=1S/C22H24N4O4S/c1-25-13-11-23-21(25)20(15-4-7-18(30-2)8-5-15)24-22(27)17-6-9-19-16(14-17)10-12-26(19)31(3,28)29/h4-9,11,13-14,20H,10,12H2,1-3H3,(H,24,27)/t20-/m1/s1. The molecule has 0 bridgehead atoms. The van der Waals surface area contributed by atoms with Crippen molar-refractivity contribution >= 4 is 21.6 Å². The molecule has 1 aliphatic heterocycles. The Bertz CT molecular complexity index is 1220. The average molecular weight is 441 g/mol. The van der Waals surface area contributed by atoms with Crippen molar-refractivity contribution < 1.29 is 17.9 Å². The number of sulfonamides is 1. The topological polar surface area (TPSA) is 93.5 Å². The number of aryl methyl sites for hydroxylation is 1. The molecule has 0 spiro atoms. The lowest BCUT2D eigenvalue weighted by molar-refractivity contribution is 0.0941. The molecular formula is C22H24N4O4S. The van der Waals surface area contributed by atoms with Gasteiger partial charge in [0.05, 0.1) is 19.1 Å². The van der Waals surface area contributed by atoms with Crippen LogP contribution >= 0.6 is 0 Å². The van der Waals surface area contributed by atoms with Gasteiger partial charge < -0.3 is 14.6 Å². The van der Waals surface area contributed by atoms with Crippen molar-refractivity contribution in [2.24, 2.45) is 7.05 Å². The smallest absolute Gasteiger partial charge is 0.252 e. The van der Waals surface area contributed by atoms with Crippen LogP contribution in [0.3, 0.4) is 0 Å². The van der Waals surface area contributed by atoms with Gasteiger partial charge in [-0.1, -0.05) is 12.1 Å². The maximum Gasteiger partial charge on any atom is 0.252 e. The quantitative estimate of drug-likeness (QED) is 0.635. The lowest BCUT2D eigenvalue weighted by Gasteiger charge is -2.20. The fourth-order valence-electron chi connectivity index (χ4n) is 3.82. The minimum Gasteiger partial charge on any atom is -0.497 e. The van der Waals surface area contributed by atoms with E-state index >= 15 is 0 Å². The van der Waals surface area contributed by atoms with Gasteiger partial charge in [0, 0.05) is 31.5 Å². The van der Waals surface area contributed by atoms with Gasteiger partial charge in [-0.25, -0.2) is 13.4 Å². The number of nitrogens with zero attached hydrogens (tertiary/aromatic N) is 3. The highest BCUT2D eigenvalue weighted by Crippen LogP contribution is 2.31. The Morgan fingerprint density at radius 1 is 1.19 bits per heavy atom. The van der Waals surface area contributed by atoms with E-state index in [9.17, 15) is 13.2 Å². The van der Waals surface area contributed by atoms with Gasteiger partial charge in [-0.3, -0.25) is 9.10 Å². The van der Waals surface area contributed by atoms with Crippen LogP contribution in [-0.4, -0.2) is 43.8 Å². The fourth-order valence-corrected chi connectivity index (χ4v) is 4.78. The Balaban J connectivity index is 1.63. The largest absolute Gasteiger partial charge is 0.497 e. The summed E-state index contributed by atoms with van der Waals surface area (Å²) in [6, 6.07) is 12.1. The normalized spacial score (nSPS) is 14.2. The molecule has 1 N–H and O–H groups in total. The first-order chi connectivity index (χ1) is 14.8. The summed E-state index contributed by atoms with van der Waals surface area (Å²) in [6.45, 7) is 0.390. The fraction of sp³-hybridized carbons (Fsp3) is 0.273. The summed E-state index contributed by atoms with van der Waals surface area (Å²) in [5.74, 6) is 1.16. The molecule has 1 aromatic heterocycles. The highest BCUT2D eigenvalue weighted by Gasteiger charge is 2.28. The number of ether oxygens (including phenoxy) is 1. The first kappa shape index (κ1) is 20.9. The summed E-state index contributed by atoms with van der Waals surface area (Å²) < 4.78 is 32.4. The van der Waals surface area contributed by atoms with Crippen LogP contribution in [0.25, 0.3) is 0 Å². The maximum absolute atomic E-state index is 13.1. The van der Waals surface area contributed by atoms with Crippen LogP contribution < -0.4 is 14.4 Å². The summed E-state index contributed by atoms with van der Waals surface area (Å²) >= 11 is 0. The lowest BCUT2D eigenvalue weighted by Crippen LogP contribution is -2.31. The molecule has 2 heterocycles.